The van der Waals surface area contributed by atoms with E-state index in [-0.39, 0.29) is 5.97 Å². The summed E-state index contributed by atoms with van der Waals surface area (Å²) in [7, 11) is 7.74. The molecule has 0 aliphatic carbocycles. The number of hydrogen-bond acceptors (Lipinski definition) is 5. The number of ether oxygens (including phenoxy) is 1. The molecule has 5 nitrogen and oxygen atoms in total. The number of methoxy groups -OCH3 is 1. The third kappa shape index (κ3) is 6.68. The monoisotopic (exact) mass is 287 g/mol. The average molecular weight is 287 g/mol. The third-order valence-corrected chi connectivity index (χ3v) is 3.78. The Bertz CT molecular complexity index is 284. The lowest BCUT2D eigenvalue weighted by molar-refractivity contribution is -0.148. The van der Waals surface area contributed by atoms with Crippen molar-refractivity contribution in [3.05, 3.63) is 0 Å². The largest absolute Gasteiger partial charge is 0.468 e. The maximum absolute atomic E-state index is 12.0. The molecule has 2 atom stereocenters. The summed E-state index contributed by atoms with van der Waals surface area (Å²) in [5.74, 6) is -0.187. The minimum atomic E-state index is -0.612. The highest BCUT2D eigenvalue weighted by Gasteiger charge is 2.35. The Labute approximate surface area is 124 Å². The number of rotatable bonds is 10. The van der Waals surface area contributed by atoms with E-state index in [4.69, 9.17) is 4.74 Å². The Kier molecular flexibility index (Phi) is 9.01. The van der Waals surface area contributed by atoms with E-state index in [0.29, 0.717) is 6.04 Å². The van der Waals surface area contributed by atoms with Crippen LogP contribution in [0.3, 0.4) is 0 Å². The van der Waals surface area contributed by atoms with Gasteiger partial charge in [0.2, 0.25) is 0 Å². The first-order chi connectivity index (χ1) is 9.26. The van der Waals surface area contributed by atoms with E-state index >= 15 is 0 Å². The second-order valence-corrected chi connectivity index (χ2v) is 6.04. The number of nitrogens with one attached hydrogen (secondary N) is 1. The fourth-order valence-corrected chi connectivity index (χ4v) is 2.45. The van der Waals surface area contributed by atoms with Crippen LogP contribution in [0.2, 0.25) is 0 Å². The number of nitrogens with zero attached hydrogens (tertiary/aromatic N) is 2. The maximum Gasteiger partial charge on any atom is 0.325 e. The summed E-state index contributed by atoms with van der Waals surface area (Å²) < 4.78 is 4.93. The highest BCUT2D eigenvalue weighted by molar-refractivity contribution is 5.80. The van der Waals surface area contributed by atoms with Gasteiger partial charge < -0.3 is 19.9 Å². The van der Waals surface area contributed by atoms with Gasteiger partial charge in [0.05, 0.1) is 7.11 Å². The number of carbonyl (C=O) groups excluding carboxylic acids is 1. The molecule has 0 bridgehead atoms. The summed E-state index contributed by atoms with van der Waals surface area (Å²) in [6.07, 6.45) is 1.87. The summed E-state index contributed by atoms with van der Waals surface area (Å²) in [6.45, 7) is 8.96. The molecule has 0 aliphatic heterocycles. The second kappa shape index (κ2) is 9.32. The van der Waals surface area contributed by atoms with Crippen molar-refractivity contribution in [3.63, 3.8) is 0 Å². The van der Waals surface area contributed by atoms with Gasteiger partial charge in [-0.1, -0.05) is 6.92 Å². The topological polar surface area (TPSA) is 44.8 Å². The van der Waals surface area contributed by atoms with E-state index in [1.807, 2.05) is 13.8 Å². The average Bonchev–Trinajstić information content (AvgIpc) is 2.37. The van der Waals surface area contributed by atoms with Crippen LogP contribution in [0.5, 0.6) is 0 Å². The molecule has 1 N–H and O–H groups in total. The Morgan fingerprint density at radius 1 is 1.30 bits per heavy atom. The van der Waals surface area contributed by atoms with Gasteiger partial charge >= 0.3 is 5.97 Å². The first-order valence-corrected chi connectivity index (χ1v) is 7.45. The molecule has 0 saturated carbocycles. The van der Waals surface area contributed by atoms with Gasteiger partial charge in [0, 0.05) is 6.04 Å². The van der Waals surface area contributed by atoms with Crippen LogP contribution >= 0.6 is 0 Å². The Hall–Kier alpha value is -0.650. The Balaban J connectivity index is 4.44. The van der Waals surface area contributed by atoms with Crippen molar-refractivity contribution in [2.45, 2.75) is 45.2 Å². The molecular formula is C15H33N3O2. The smallest absolute Gasteiger partial charge is 0.325 e. The molecule has 0 aromatic heterocycles. The van der Waals surface area contributed by atoms with E-state index in [2.05, 4.69) is 43.2 Å². The maximum atomic E-state index is 12.0. The first-order valence-electron chi connectivity index (χ1n) is 7.45. The Morgan fingerprint density at radius 3 is 2.35 bits per heavy atom. The van der Waals surface area contributed by atoms with Crippen molar-refractivity contribution in [1.82, 2.24) is 15.1 Å². The second-order valence-electron chi connectivity index (χ2n) is 6.04. The first kappa shape index (κ1) is 19.4. The van der Waals surface area contributed by atoms with Crippen LogP contribution < -0.4 is 5.32 Å². The van der Waals surface area contributed by atoms with Gasteiger partial charge in [-0.05, 0) is 67.5 Å². The zero-order valence-corrected chi connectivity index (χ0v) is 14.3. The minimum absolute atomic E-state index is 0.187. The fourth-order valence-electron chi connectivity index (χ4n) is 2.45. The Morgan fingerprint density at radius 2 is 1.90 bits per heavy atom. The molecule has 0 saturated heterocycles. The predicted octanol–water partition coefficient (Wildman–Crippen LogP) is 1.19. The molecule has 0 heterocycles. The number of hydrogen-bond donors (Lipinski definition) is 1. The van der Waals surface area contributed by atoms with Gasteiger partial charge in [0.25, 0.3) is 0 Å². The quantitative estimate of drug-likeness (QED) is 0.612. The van der Waals surface area contributed by atoms with E-state index < -0.39 is 5.54 Å². The molecule has 0 radical (unpaired) electrons. The van der Waals surface area contributed by atoms with Gasteiger partial charge in [-0.3, -0.25) is 4.79 Å². The summed E-state index contributed by atoms with van der Waals surface area (Å²) >= 11 is 0. The van der Waals surface area contributed by atoms with Crippen LogP contribution in [0.25, 0.3) is 0 Å². The lowest BCUT2D eigenvalue weighted by atomic mass is 9.93. The van der Waals surface area contributed by atoms with Gasteiger partial charge in [-0.25, -0.2) is 0 Å². The highest BCUT2D eigenvalue weighted by atomic mass is 16.5. The molecule has 0 amide bonds. The molecule has 0 fully saturated rings. The molecule has 0 aromatic carbocycles. The highest BCUT2D eigenvalue weighted by Crippen LogP contribution is 2.17. The van der Waals surface area contributed by atoms with Crippen molar-refractivity contribution in [2.75, 3.05) is 47.9 Å². The molecule has 2 unspecified atom stereocenters. The summed E-state index contributed by atoms with van der Waals surface area (Å²) in [5, 5.41) is 3.26. The van der Waals surface area contributed by atoms with E-state index in [1.54, 1.807) is 0 Å². The third-order valence-electron chi connectivity index (χ3n) is 3.78. The van der Waals surface area contributed by atoms with E-state index in [9.17, 15) is 4.79 Å². The van der Waals surface area contributed by atoms with E-state index in [1.165, 1.54) is 7.11 Å². The van der Waals surface area contributed by atoms with Gasteiger partial charge in [0.15, 0.2) is 0 Å². The number of likely N-dealkylation sites (N-methyl/N-ethyl adjacent to an activating group) is 1. The van der Waals surface area contributed by atoms with Crippen molar-refractivity contribution in [3.8, 4) is 0 Å². The van der Waals surface area contributed by atoms with Crippen LogP contribution in [0.4, 0.5) is 0 Å². The molecule has 0 aromatic rings. The van der Waals surface area contributed by atoms with Crippen molar-refractivity contribution < 1.29 is 9.53 Å². The van der Waals surface area contributed by atoms with Gasteiger partial charge in [0.1, 0.15) is 5.54 Å². The minimum Gasteiger partial charge on any atom is -0.468 e. The van der Waals surface area contributed by atoms with Gasteiger partial charge in [-0.2, -0.15) is 0 Å². The summed E-state index contributed by atoms with van der Waals surface area (Å²) in [6, 6.07) is 0.320. The molecule has 20 heavy (non-hydrogen) atoms. The predicted molar refractivity (Wildman–Crippen MR) is 84.0 cm³/mol. The molecule has 0 rings (SSSR count). The normalized spacial score (nSPS) is 16.2. The van der Waals surface area contributed by atoms with Crippen LogP contribution in [0.1, 0.15) is 33.6 Å². The SMILES string of the molecule is CCNC(C)(CC(C)N(C)CCCN(C)C)C(=O)OC. The molecule has 5 heteroatoms. The summed E-state index contributed by atoms with van der Waals surface area (Å²) in [4.78, 5) is 16.5. The molecule has 0 aliphatic rings. The zero-order valence-electron chi connectivity index (χ0n) is 14.3. The molecule has 0 spiro atoms. The van der Waals surface area contributed by atoms with Crippen molar-refractivity contribution in [1.29, 1.82) is 0 Å². The summed E-state index contributed by atoms with van der Waals surface area (Å²) in [5.41, 5.74) is -0.612. The van der Waals surface area contributed by atoms with Crippen molar-refractivity contribution in [2.24, 2.45) is 0 Å². The van der Waals surface area contributed by atoms with Crippen LogP contribution in [0.15, 0.2) is 0 Å². The zero-order chi connectivity index (χ0) is 15.8. The number of esters is 1. The van der Waals surface area contributed by atoms with Crippen LogP contribution in [-0.4, -0.2) is 75.2 Å². The van der Waals surface area contributed by atoms with Crippen molar-refractivity contribution >= 4 is 5.97 Å². The lowest BCUT2D eigenvalue weighted by Gasteiger charge is -2.34. The molecule has 120 valence electrons. The van der Waals surface area contributed by atoms with Gasteiger partial charge in [-0.15, -0.1) is 0 Å². The molecular weight excluding hydrogens is 254 g/mol. The van der Waals surface area contributed by atoms with Crippen LogP contribution in [0, 0.1) is 0 Å². The fraction of sp³-hybridized carbons (Fsp3) is 0.933. The number of carbonyl (C=O) groups is 1. The van der Waals surface area contributed by atoms with E-state index in [0.717, 1.165) is 32.5 Å². The lowest BCUT2D eigenvalue weighted by Crippen LogP contribution is -2.53. The standard InChI is InChI=1S/C15H33N3O2/c1-8-16-15(3,14(19)20-7)12-13(2)18(6)11-9-10-17(4)5/h13,16H,8-12H2,1-7H3. The van der Waals surface area contributed by atoms with Crippen LogP contribution in [-0.2, 0) is 9.53 Å².